The predicted molar refractivity (Wildman–Crippen MR) is 59.0 cm³/mol. The first-order valence-corrected chi connectivity index (χ1v) is 6.36. The third-order valence-electron chi connectivity index (χ3n) is 1.49. The van der Waals surface area contributed by atoms with E-state index < -0.39 is 0 Å². The van der Waals surface area contributed by atoms with Crippen molar-refractivity contribution in [2.24, 2.45) is 0 Å². The summed E-state index contributed by atoms with van der Waals surface area (Å²) in [6.45, 7) is 1.99. The molecule has 3 nitrogen and oxygen atoms in total. The topological polar surface area (TPSA) is 46.0 Å². The summed E-state index contributed by atoms with van der Waals surface area (Å²) in [5.41, 5.74) is 0. The van der Waals surface area contributed by atoms with Gasteiger partial charge < -0.3 is 5.11 Å². The van der Waals surface area contributed by atoms with Crippen molar-refractivity contribution in [3.05, 3.63) is 22.8 Å². The van der Waals surface area contributed by atoms with Crippen LogP contribution in [0.15, 0.2) is 20.7 Å². The molecule has 14 heavy (non-hydrogen) atoms. The van der Waals surface area contributed by atoms with Crippen molar-refractivity contribution in [3.63, 3.8) is 0 Å². The second kappa shape index (κ2) is 4.39. The Morgan fingerprint density at radius 1 is 1.50 bits per heavy atom. The van der Waals surface area contributed by atoms with Gasteiger partial charge in [0.1, 0.15) is 5.82 Å². The Morgan fingerprint density at radius 2 is 2.36 bits per heavy atom. The van der Waals surface area contributed by atoms with E-state index in [1.807, 2.05) is 19.1 Å². The van der Waals surface area contributed by atoms with Crippen LogP contribution in [0.2, 0.25) is 0 Å². The quantitative estimate of drug-likeness (QED) is 0.901. The van der Waals surface area contributed by atoms with Gasteiger partial charge in [0, 0.05) is 4.88 Å². The lowest BCUT2D eigenvalue weighted by Gasteiger charge is -1.89. The minimum absolute atomic E-state index is 0.111. The molecule has 0 spiro atoms. The Kier molecular flexibility index (Phi) is 3.17. The number of hydrogen-bond acceptors (Lipinski definition) is 6. The predicted octanol–water partition coefficient (Wildman–Crippen LogP) is 2.55. The maximum absolute atomic E-state index is 8.90. The fourth-order valence-corrected chi connectivity index (χ4v) is 3.82. The molecule has 0 aliphatic heterocycles. The number of rotatable bonds is 3. The summed E-state index contributed by atoms with van der Waals surface area (Å²) < 4.78 is 6.20. The number of aryl methyl sites for hydroxylation is 1. The molecule has 0 fully saturated rings. The first-order valence-electron chi connectivity index (χ1n) is 3.95. The standard InChI is InChI=1S/C8H8N2OS3/c1-5-9-8(14-10-5)13-7-3-2-6(4-11)12-7/h2-3,11H,4H2,1H3. The first kappa shape index (κ1) is 10.1. The van der Waals surface area contributed by atoms with Gasteiger partial charge in [-0.15, -0.1) is 11.3 Å². The molecular weight excluding hydrogens is 236 g/mol. The normalized spacial score (nSPS) is 10.7. The van der Waals surface area contributed by atoms with E-state index in [4.69, 9.17) is 5.11 Å². The molecule has 0 aliphatic rings. The van der Waals surface area contributed by atoms with E-state index in [0.29, 0.717) is 0 Å². The molecule has 0 saturated heterocycles. The fraction of sp³-hybridized carbons (Fsp3) is 0.250. The Morgan fingerprint density at radius 3 is 2.93 bits per heavy atom. The van der Waals surface area contributed by atoms with Crippen LogP contribution in [0.4, 0.5) is 0 Å². The van der Waals surface area contributed by atoms with Gasteiger partial charge in [0.05, 0.1) is 10.8 Å². The molecule has 0 radical (unpaired) electrons. The highest BCUT2D eigenvalue weighted by Crippen LogP contribution is 2.34. The third kappa shape index (κ3) is 2.33. The van der Waals surface area contributed by atoms with Gasteiger partial charge in [-0.2, -0.15) is 4.37 Å². The van der Waals surface area contributed by atoms with Crippen molar-refractivity contribution in [2.45, 2.75) is 22.1 Å². The third-order valence-corrected chi connectivity index (χ3v) is 4.53. The molecule has 0 atom stereocenters. The molecule has 1 N–H and O–H groups in total. The smallest absolute Gasteiger partial charge is 0.175 e. The summed E-state index contributed by atoms with van der Waals surface area (Å²) in [5.74, 6) is 0.816. The maximum Gasteiger partial charge on any atom is 0.175 e. The Bertz CT molecular complexity index is 424. The molecule has 0 saturated carbocycles. The number of aromatic nitrogens is 2. The van der Waals surface area contributed by atoms with Gasteiger partial charge in [-0.25, -0.2) is 4.98 Å². The summed E-state index contributed by atoms with van der Waals surface area (Å²) in [7, 11) is 0. The van der Waals surface area contributed by atoms with Crippen LogP contribution in [0.5, 0.6) is 0 Å². The monoisotopic (exact) mass is 244 g/mol. The average molecular weight is 244 g/mol. The lowest BCUT2D eigenvalue weighted by Crippen LogP contribution is -1.71. The molecule has 0 aromatic carbocycles. The van der Waals surface area contributed by atoms with Crippen LogP contribution < -0.4 is 0 Å². The minimum atomic E-state index is 0.111. The van der Waals surface area contributed by atoms with Gasteiger partial charge in [0.2, 0.25) is 0 Å². The van der Waals surface area contributed by atoms with Crippen LogP contribution in [-0.4, -0.2) is 14.5 Å². The van der Waals surface area contributed by atoms with Gasteiger partial charge in [-0.1, -0.05) is 0 Å². The van der Waals surface area contributed by atoms with E-state index >= 15 is 0 Å². The minimum Gasteiger partial charge on any atom is -0.391 e. The Labute approximate surface area is 94.0 Å². The summed E-state index contributed by atoms with van der Waals surface area (Å²) in [6, 6.07) is 3.93. The highest BCUT2D eigenvalue weighted by atomic mass is 32.2. The number of nitrogens with zero attached hydrogens (tertiary/aromatic N) is 2. The Hall–Kier alpha value is -0.430. The molecule has 2 rings (SSSR count). The molecule has 0 amide bonds. The van der Waals surface area contributed by atoms with Gasteiger partial charge in [0.15, 0.2) is 4.34 Å². The number of aliphatic hydroxyl groups is 1. The summed E-state index contributed by atoms with van der Waals surface area (Å²) in [6.07, 6.45) is 0. The first-order chi connectivity index (χ1) is 6.78. The molecule has 0 unspecified atom stereocenters. The van der Waals surface area contributed by atoms with E-state index in [1.54, 1.807) is 23.1 Å². The molecule has 0 bridgehead atoms. The molecule has 2 aromatic rings. The average Bonchev–Trinajstić information content (AvgIpc) is 2.76. The van der Waals surface area contributed by atoms with E-state index in [-0.39, 0.29) is 6.61 Å². The number of aliphatic hydroxyl groups excluding tert-OH is 1. The maximum atomic E-state index is 8.90. The molecule has 74 valence electrons. The summed E-state index contributed by atoms with van der Waals surface area (Å²) in [5, 5.41) is 8.90. The zero-order chi connectivity index (χ0) is 9.97. The molecular formula is C8H8N2OS3. The summed E-state index contributed by atoms with van der Waals surface area (Å²) >= 11 is 4.59. The molecule has 6 heteroatoms. The van der Waals surface area contributed by atoms with Gasteiger partial charge >= 0.3 is 0 Å². The second-order valence-electron chi connectivity index (χ2n) is 2.59. The van der Waals surface area contributed by atoms with Crippen LogP contribution in [0.3, 0.4) is 0 Å². The van der Waals surface area contributed by atoms with Crippen molar-refractivity contribution in [1.82, 2.24) is 9.36 Å². The largest absolute Gasteiger partial charge is 0.391 e. The number of hydrogen-bond donors (Lipinski definition) is 1. The van der Waals surface area contributed by atoms with E-state index in [2.05, 4.69) is 9.36 Å². The lowest BCUT2D eigenvalue weighted by molar-refractivity contribution is 0.285. The number of thiophene rings is 1. The van der Waals surface area contributed by atoms with Crippen molar-refractivity contribution in [2.75, 3.05) is 0 Å². The van der Waals surface area contributed by atoms with Crippen LogP contribution in [0, 0.1) is 6.92 Å². The van der Waals surface area contributed by atoms with Crippen LogP contribution in [0.25, 0.3) is 0 Å². The zero-order valence-corrected chi connectivity index (χ0v) is 9.88. The molecule has 0 aliphatic carbocycles. The van der Waals surface area contributed by atoms with Crippen molar-refractivity contribution in [3.8, 4) is 0 Å². The van der Waals surface area contributed by atoms with Crippen LogP contribution >= 0.6 is 34.6 Å². The molecule has 2 heterocycles. The highest BCUT2D eigenvalue weighted by molar-refractivity contribution is 8.02. The lowest BCUT2D eigenvalue weighted by atomic mass is 10.5. The van der Waals surface area contributed by atoms with E-state index in [9.17, 15) is 0 Å². The van der Waals surface area contributed by atoms with Crippen LogP contribution in [0.1, 0.15) is 10.7 Å². The van der Waals surface area contributed by atoms with Crippen molar-refractivity contribution in [1.29, 1.82) is 0 Å². The SMILES string of the molecule is Cc1nsc(Sc2ccc(CO)s2)n1. The Balaban J connectivity index is 2.10. The van der Waals surface area contributed by atoms with Crippen molar-refractivity contribution < 1.29 is 5.11 Å². The van der Waals surface area contributed by atoms with E-state index in [0.717, 1.165) is 19.3 Å². The second-order valence-corrected chi connectivity index (χ2v) is 6.06. The zero-order valence-electron chi connectivity index (χ0n) is 7.43. The van der Waals surface area contributed by atoms with Gasteiger partial charge in [-0.3, -0.25) is 0 Å². The summed E-state index contributed by atoms with van der Waals surface area (Å²) in [4.78, 5) is 5.24. The van der Waals surface area contributed by atoms with Gasteiger partial charge in [0.25, 0.3) is 0 Å². The van der Waals surface area contributed by atoms with Gasteiger partial charge in [-0.05, 0) is 42.4 Å². The van der Waals surface area contributed by atoms with E-state index in [1.165, 1.54) is 11.5 Å². The molecule has 2 aromatic heterocycles. The fourth-order valence-electron chi connectivity index (χ4n) is 0.904. The van der Waals surface area contributed by atoms with Crippen LogP contribution in [-0.2, 0) is 6.61 Å². The van der Waals surface area contributed by atoms with Crippen molar-refractivity contribution >= 4 is 34.6 Å². The highest BCUT2D eigenvalue weighted by Gasteiger charge is 2.05.